The highest BCUT2D eigenvalue weighted by atomic mass is 35.5. The van der Waals surface area contributed by atoms with Crippen molar-refractivity contribution in [3.8, 4) is 0 Å². The molecule has 1 saturated heterocycles. The van der Waals surface area contributed by atoms with Crippen LogP contribution < -0.4 is 4.90 Å². The number of hydrogen-bond acceptors (Lipinski definition) is 7. The van der Waals surface area contributed by atoms with Crippen molar-refractivity contribution in [2.45, 2.75) is 25.4 Å². The van der Waals surface area contributed by atoms with E-state index in [1.54, 1.807) is 6.20 Å². The van der Waals surface area contributed by atoms with Crippen molar-refractivity contribution in [1.29, 1.82) is 0 Å². The SMILES string of the molecule is CN(Cc1nnsc1Cl)CC1CCCN1c1cccnn1. The molecule has 0 N–H and O–H groups in total. The Morgan fingerprint density at radius 1 is 1.48 bits per heavy atom. The lowest BCUT2D eigenvalue weighted by molar-refractivity contribution is 0.299. The molecule has 2 aromatic heterocycles. The first-order valence-corrected chi connectivity index (χ1v) is 8.09. The van der Waals surface area contributed by atoms with Crippen LogP contribution in [-0.2, 0) is 6.54 Å². The zero-order valence-corrected chi connectivity index (χ0v) is 13.4. The maximum atomic E-state index is 6.06. The monoisotopic (exact) mass is 324 g/mol. The Morgan fingerprint density at radius 3 is 3.10 bits per heavy atom. The first-order chi connectivity index (χ1) is 10.2. The molecule has 6 nitrogen and oxygen atoms in total. The number of nitrogens with zero attached hydrogens (tertiary/aromatic N) is 6. The normalized spacial score (nSPS) is 18.6. The Hall–Kier alpha value is -1.31. The van der Waals surface area contributed by atoms with Gasteiger partial charge in [-0.2, -0.15) is 5.10 Å². The quantitative estimate of drug-likeness (QED) is 0.839. The smallest absolute Gasteiger partial charge is 0.151 e. The van der Waals surface area contributed by atoms with E-state index in [1.807, 2.05) is 12.1 Å². The van der Waals surface area contributed by atoms with Crippen molar-refractivity contribution in [3.63, 3.8) is 0 Å². The summed E-state index contributed by atoms with van der Waals surface area (Å²) in [5, 5.41) is 12.3. The molecule has 3 rings (SSSR count). The zero-order valence-electron chi connectivity index (χ0n) is 11.8. The lowest BCUT2D eigenvalue weighted by Crippen LogP contribution is -2.39. The summed E-state index contributed by atoms with van der Waals surface area (Å²) in [4.78, 5) is 4.58. The summed E-state index contributed by atoms with van der Waals surface area (Å²) < 4.78 is 4.55. The fourth-order valence-corrected chi connectivity index (χ4v) is 3.36. The molecule has 1 unspecified atom stereocenters. The van der Waals surface area contributed by atoms with Crippen LogP contribution in [0.3, 0.4) is 0 Å². The van der Waals surface area contributed by atoms with Gasteiger partial charge in [0.1, 0.15) is 10.0 Å². The Morgan fingerprint density at radius 2 is 2.38 bits per heavy atom. The van der Waals surface area contributed by atoms with Gasteiger partial charge in [-0.25, -0.2) is 0 Å². The highest BCUT2D eigenvalue weighted by molar-refractivity contribution is 7.10. The van der Waals surface area contributed by atoms with Crippen molar-refractivity contribution < 1.29 is 0 Å². The molecule has 112 valence electrons. The van der Waals surface area contributed by atoms with E-state index in [4.69, 9.17) is 11.6 Å². The van der Waals surface area contributed by atoms with Crippen LogP contribution in [0.4, 0.5) is 5.82 Å². The van der Waals surface area contributed by atoms with Gasteiger partial charge in [0.15, 0.2) is 5.82 Å². The van der Waals surface area contributed by atoms with Crippen LogP contribution >= 0.6 is 23.1 Å². The topological polar surface area (TPSA) is 58.0 Å². The molecule has 1 aliphatic rings. The molecule has 21 heavy (non-hydrogen) atoms. The number of aromatic nitrogens is 4. The molecule has 0 bridgehead atoms. The van der Waals surface area contributed by atoms with Gasteiger partial charge in [0.05, 0.1) is 0 Å². The Kier molecular flexibility index (Phi) is 4.62. The van der Waals surface area contributed by atoms with E-state index in [2.05, 4.69) is 36.6 Å². The third kappa shape index (κ3) is 3.48. The standard InChI is InChI=1S/C13H17ClN6S/c1-19(9-11-13(14)21-18-16-11)8-10-4-3-7-20(10)12-5-2-6-15-17-12/h2,5-6,10H,3-4,7-9H2,1H3. The predicted molar refractivity (Wildman–Crippen MR) is 83.7 cm³/mol. The minimum absolute atomic E-state index is 0.456. The number of hydrogen-bond donors (Lipinski definition) is 0. The Balaban J connectivity index is 1.62. The van der Waals surface area contributed by atoms with Crippen LogP contribution in [0.1, 0.15) is 18.5 Å². The van der Waals surface area contributed by atoms with Gasteiger partial charge in [0.25, 0.3) is 0 Å². The van der Waals surface area contributed by atoms with E-state index >= 15 is 0 Å². The van der Waals surface area contributed by atoms with E-state index in [0.29, 0.717) is 10.4 Å². The largest absolute Gasteiger partial charge is 0.351 e. The highest BCUT2D eigenvalue weighted by Gasteiger charge is 2.27. The van der Waals surface area contributed by atoms with Crippen molar-refractivity contribution in [2.24, 2.45) is 0 Å². The van der Waals surface area contributed by atoms with Gasteiger partial charge >= 0.3 is 0 Å². The van der Waals surface area contributed by atoms with E-state index < -0.39 is 0 Å². The van der Waals surface area contributed by atoms with Gasteiger partial charge in [-0.1, -0.05) is 16.1 Å². The molecule has 8 heteroatoms. The molecule has 0 saturated carbocycles. The molecule has 1 aliphatic heterocycles. The zero-order chi connectivity index (χ0) is 14.7. The summed E-state index contributed by atoms with van der Waals surface area (Å²) in [5.74, 6) is 0.960. The van der Waals surface area contributed by atoms with Gasteiger partial charge in [-0.3, -0.25) is 4.90 Å². The molecule has 0 spiro atoms. The molecule has 1 fully saturated rings. The van der Waals surface area contributed by atoms with Crippen LogP contribution in [0.15, 0.2) is 18.3 Å². The van der Waals surface area contributed by atoms with E-state index in [0.717, 1.165) is 31.1 Å². The van der Waals surface area contributed by atoms with E-state index in [9.17, 15) is 0 Å². The van der Waals surface area contributed by atoms with Gasteiger partial charge < -0.3 is 4.90 Å². The number of halogens is 1. The fraction of sp³-hybridized carbons (Fsp3) is 0.538. The van der Waals surface area contributed by atoms with Crippen LogP contribution in [0, 0.1) is 0 Å². The first kappa shape index (κ1) is 14.6. The molecule has 3 heterocycles. The van der Waals surface area contributed by atoms with Crippen LogP contribution in [-0.4, -0.2) is 50.9 Å². The summed E-state index contributed by atoms with van der Waals surface area (Å²) in [6, 6.07) is 4.41. The molecule has 0 aromatic carbocycles. The summed E-state index contributed by atoms with van der Waals surface area (Å²) in [6.07, 6.45) is 4.07. The molecule has 0 amide bonds. The second kappa shape index (κ2) is 6.64. The molecule has 0 aliphatic carbocycles. The molecule has 2 aromatic rings. The lowest BCUT2D eigenvalue weighted by Gasteiger charge is -2.28. The van der Waals surface area contributed by atoms with Gasteiger partial charge in [-0.05, 0) is 32.0 Å². The second-order valence-electron chi connectivity index (χ2n) is 5.26. The maximum Gasteiger partial charge on any atom is 0.151 e. The van der Waals surface area contributed by atoms with Crippen LogP contribution in [0.2, 0.25) is 4.34 Å². The average Bonchev–Trinajstić information content (AvgIpc) is 3.10. The minimum atomic E-state index is 0.456. The third-order valence-electron chi connectivity index (χ3n) is 3.68. The average molecular weight is 325 g/mol. The fourth-order valence-electron chi connectivity index (χ4n) is 2.75. The molecular formula is C13H17ClN6S. The summed E-state index contributed by atoms with van der Waals surface area (Å²) in [5.41, 5.74) is 0.855. The lowest BCUT2D eigenvalue weighted by atomic mass is 10.2. The predicted octanol–water partition coefficient (Wildman–Crippen LogP) is 2.08. The van der Waals surface area contributed by atoms with Gasteiger partial charge in [-0.15, -0.1) is 10.2 Å². The highest BCUT2D eigenvalue weighted by Crippen LogP contribution is 2.24. The summed E-state index contributed by atoms with van der Waals surface area (Å²) in [6.45, 7) is 2.71. The maximum absolute atomic E-state index is 6.06. The van der Waals surface area contributed by atoms with Crippen LogP contribution in [0.5, 0.6) is 0 Å². The number of rotatable bonds is 5. The van der Waals surface area contributed by atoms with Crippen molar-refractivity contribution >= 4 is 29.0 Å². The van der Waals surface area contributed by atoms with E-state index in [-0.39, 0.29) is 0 Å². The number of likely N-dealkylation sites (N-methyl/N-ethyl adjacent to an activating group) is 1. The second-order valence-corrected chi connectivity index (χ2v) is 6.62. The van der Waals surface area contributed by atoms with Crippen molar-refractivity contribution in [3.05, 3.63) is 28.4 Å². The van der Waals surface area contributed by atoms with Crippen molar-refractivity contribution in [2.75, 3.05) is 25.0 Å². The van der Waals surface area contributed by atoms with Crippen LogP contribution in [0.25, 0.3) is 0 Å². The first-order valence-electron chi connectivity index (χ1n) is 6.93. The summed E-state index contributed by atoms with van der Waals surface area (Å²) >= 11 is 7.30. The number of anilines is 1. The van der Waals surface area contributed by atoms with Gasteiger partial charge in [0.2, 0.25) is 0 Å². The Bertz CT molecular complexity index is 577. The summed E-state index contributed by atoms with van der Waals surface area (Å²) in [7, 11) is 2.09. The van der Waals surface area contributed by atoms with Crippen molar-refractivity contribution in [1.82, 2.24) is 24.7 Å². The Labute approximate surface area is 132 Å². The third-order valence-corrected chi connectivity index (χ3v) is 4.67. The van der Waals surface area contributed by atoms with Gasteiger partial charge in [0, 0.05) is 43.4 Å². The molecular weight excluding hydrogens is 308 g/mol. The minimum Gasteiger partial charge on any atom is -0.351 e. The molecule has 0 radical (unpaired) electrons. The molecule has 1 atom stereocenters. The van der Waals surface area contributed by atoms with E-state index in [1.165, 1.54) is 24.4 Å².